The largest absolute Gasteiger partial charge is 0.507 e. The van der Waals surface area contributed by atoms with Crippen molar-refractivity contribution in [3.63, 3.8) is 0 Å². The molecule has 0 saturated heterocycles. The van der Waals surface area contributed by atoms with Crippen molar-refractivity contribution in [1.29, 1.82) is 0 Å². The maximum Gasteiger partial charge on any atom is 0.507 e. The summed E-state index contributed by atoms with van der Waals surface area (Å²) in [6.45, 7) is 0.861. The Labute approximate surface area is 53.9 Å². The second-order valence-electron chi connectivity index (χ2n) is 1.44. The Bertz CT molecular complexity index is 84.3. The molecule has 0 fully saturated rings. The monoisotopic (exact) mass is 133 g/mol. The summed E-state index contributed by atoms with van der Waals surface area (Å²) in [5.41, 5.74) is 5.12. The van der Waals surface area contributed by atoms with Gasteiger partial charge in [-0.15, -0.1) is 0 Å². The topological polar surface area (TPSA) is 61.5 Å². The number of methoxy groups -OCH3 is 1. The van der Waals surface area contributed by atoms with Gasteiger partial charge in [-0.2, -0.15) is 0 Å². The van der Waals surface area contributed by atoms with E-state index in [9.17, 15) is 4.79 Å². The summed E-state index contributed by atoms with van der Waals surface area (Å²) in [5, 5.41) is 0. The van der Waals surface area contributed by atoms with Crippen molar-refractivity contribution in [2.24, 2.45) is 5.73 Å². The number of carbonyl (C=O) groups excluding carboxylic acids is 1. The molecule has 0 aromatic heterocycles. The number of rotatable bonds is 3. The summed E-state index contributed by atoms with van der Waals surface area (Å²) in [7, 11) is 1.27. The molecule has 0 atom stereocenters. The summed E-state index contributed by atoms with van der Waals surface area (Å²) >= 11 is 0. The molecule has 0 bridgehead atoms. The third kappa shape index (κ3) is 5.10. The molecule has 4 nitrogen and oxygen atoms in total. The van der Waals surface area contributed by atoms with Gasteiger partial charge in [0.05, 0.1) is 13.7 Å². The number of hydrogen-bond donors (Lipinski definition) is 1. The predicted molar refractivity (Wildman–Crippen MR) is 32.0 cm³/mol. The molecule has 0 spiro atoms. The van der Waals surface area contributed by atoms with E-state index >= 15 is 0 Å². The zero-order valence-corrected chi connectivity index (χ0v) is 5.42. The van der Waals surface area contributed by atoms with Crippen LogP contribution in [0, 0.1) is 0 Å². The van der Waals surface area contributed by atoms with Gasteiger partial charge in [-0.3, -0.25) is 0 Å². The summed E-state index contributed by atoms with van der Waals surface area (Å²) in [6.07, 6.45) is 0.0261. The van der Waals surface area contributed by atoms with Gasteiger partial charge in [0, 0.05) is 0 Å². The molecule has 0 aromatic rings. The summed E-state index contributed by atoms with van der Waals surface area (Å²) in [5.74, 6) is 0. The van der Waals surface area contributed by atoms with E-state index in [1.165, 1.54) is 7.11 Å². The Morgan fingerprint density at radius 2 is 2.33 bits per heavy atom. The highest BCUT2D eigenvalue weighted by Crippen LogP contribution is 1.83. The molecular formula is C5H11NO3. The lowest BCUT2D eigenvalue weighted by Gasteiger charge is -1.99. The van der Waals surface area contributed by atoms with Crippen LogP contribution in [0.2, 0.25) is 0 Å². The van der Waals surface area contributed by atoms with Crippen molar-refractivity contribution in [1.82, 2.24) is 0 Å². The van der Waals surface area contributed by atoms with Crippen LogP contribution in [0.25, 0.3) is 0 Å². The minimum atomic E-state index is -0.650. The molecule has 0 unspecified atom stereocenters. The first-order valence-corrected chi connectivity index (χ1v) is 2.72. The first-order valence-electron chi connectivity index (χ1n) is 2.72. The van der Waals surface area contributed by atoms with Crippen molar-refractivity contribution >= 4 is 6.16 Å². The maximum absolute atomic E-state index is 10.2. The number of carbonyl (C=O) groups is 1. The highest BCUT2D eigenvalue weighted by atomic mass is 16.7. The lowest BCUT2D eigenvalue weighted by molar-refractivity contribution is 0.0724. The minimum absolute atomic E-state index is 0.336. The van der Waals surface area contributed by atoms with Crippen LogP contribution in [-0.2, 0) is 9.47 Å². The summed E-state index contributed by atoms with van der Waals surface area (Å²) in [6, 6.07) is 0. The van der Waals surface area contributed by atoms with Gasteiger partial charge in [0.15, 0.2) is 0 Å². The second kappa shape index (κ2) is 5.37. The van der Waals surface area contributed by atoms with Crippen molar-refractivity contribution in [3.8, 4) is 0 Å². The van der Waals surface area contributed by atoms with Crippen molar-refractivity contribution in [3.05, 3.63) is 0 Å². The van der Waals surface area contributed by atoms with E-state index in [0.29, 0.717) is 19.6 Å². The lowest BCUT2D eigenvalue weighted by Crippen LogP contribution is -2.09. The number of ether oxygens (including phenoxy) is 2. The van der Waals surface area contributed by atoms with Crippen LogP contribution in [0.1, 0.15) is 6.42 Å². The molecule has 0 rings (SSSR count). The standard InChI is InChI=1S/C5H11NO3/c1-8-5(7)9-4-2-3-6/h2-4,6H2,1H3. The van der Waals surface area contributed by atoms with Crippen LogP contribution in [-0.4, -0.2) is 26.4 Å². The number of nitrogens with two attached hydrogens (primary N) is 1. The molecule has 0 saturated carbocycles. The van der Waals surface area contributed by atoms with E-state index in [2.05, 4.69) is 9.47 Å². The van der Waals surface area contributed by atoms with Crippen molar-refractivity contribution in [2.75, 3.05) is 20.3 Å². The van der Waals surface area contributed by atoms with E-state index in [1.54, 1.807) is 0 Å². The van der Waals surface area contributed by atoms with Crippen LogP contribution >= 0.6 is 0 Å². The first-order chi connectivity index (χ1) is 4.31. The van der Waals surface area contributed by atoms with E-state index in [1.807, 2.05) is 0 Å². The molecule has 0 heterocycles. The molecule has 0 radical (unpaired) electrons. The molecule has 0 amide bonds. The quantitative estimate of drug-likeness (QED) is 0.438. The Morgan fingerprint density at radius 3 is 2.78 bits per heavy atom. The van der Waals surface area contributed by atoms with Gasteiger partial charge in [-0.25, -0.2) is 4.79 Å². The van der Waals surface area contributed by atoms with Crippen molar-refractivity contribution < 1.29 is 14.3 Å². The molecule has 0 aromatic carbocycles. The van der Waals surface area contributed by atoms with E-state index in [0.717, 1.165) is 0 Å². The normalized spacial score (nSPS) is 8.67. The lowest BCUT2D eigenvalue weighted by atomic mass is 10.5. The van der Waals surface area contributed by atoms with Crippen LogP contribution < -0.4 is 5.73 Å². The Hall–Kier alpha value is -0.770. The van der Waals surface area contributed by atoms with E-state index < -0.39 is 6.16 Å². The Balaban J connectivity index is 2.97. The van der Waals surface area contributed by atoms with Crippen LogP contribution in [0.3, 0.4) is 0 Å². The van der Waals surface area contributed by atoms with Gasteiger partial charge in [-0.05, 0) is 13.0 Å². The molecule has 2 N–H and O–H groups in total. The average Bonchev–Trinajstić information content (AvgIpc) is 1.89. The highest BCUT2D eigenvalue weighted by molar-refractivity contribution is 5.59. The molecule has 0 aliphatic heterocycles. The van der Waals surface area contributed by atoms with E-state index in [4.69, 9.17) is 5.73 Å². The fraction of sp³-hybridized carbons (Fsp3) is 0.800. The smallest absolute Gasteiger partial charge is 0.438 e. The molecule has 9 heavy (non-hydrogen) atoms. The highest BCUT2D eigenvalue weighted by Gasteiger charge is 1.96. The van der Waals surface area contributed by atoms with Gasteiger partial charge < -0.3 is 15.2 Å². The third-order valence-electron chi connectivity index (χ3n) is 0.735. The third-order valence-corrected chi connectivity index (χ3v) is 0.735. The van der Waals surface area contributed by atoms with Gasteiger partial charge in [0.1, 0.15) is 0 Å². The first kappa shape index (κ1) is 8.23. The van der Waals surface area contributed by atoms with Gasteiger partial charge in [0.25, 0.3) is 0 Å². The Morgan fingerprint density at radius 1 is 1.67 bits per heavy atom. The summed E-state index contributed by atoms with van der Waals surface area (Å²) in [4.78, 5) is 10.2. The molecule has 0 aliphatic carbocycles. The van der Waals surface area contributed by atoms with Crippen LogP contribution in [0.5, 0.6) is 0 Å². The van der Waals surface area contributed by atoms with Gasteiger partial charge in [0.2, 0.25) is 0 Å². The second-order valence-corrected chi connectivity index (χ2v) is 1.44. The van der Waals surface area contributed by atoms with Crippen molar-refractivity contribution in [2.45, 2.75) is 6.42 Å². The fourth-order valence-corrected chi connectivity index (χ4v) is 0.298. The average molecular weight is 133 g/mol. The Kier molecular flexibility index (Phi) is 4.91. The maximum atomic E-state index is 10.2. The number of hydrogen-bond acceptors (Lipinski definition) is 4. The summed E-state index contributed by atoms with van der Waals surface area (Å²) < 4.78 is 8.69. The minimum Gasteiger partial charge on any atom is -0.438 e. The predicted octanol–water partition coefficient (Wildman–Crippen LogP) is 0.118. The van der Waals surface area contributed by atoms with Gasteiger partial charge >= 0.3 is 6.16 Å². The zero-order chi connectivity index (χ0) is 7.11. The van der Waals surface area contributed by atoms with Gasteiger partial charge in [-0.1, -0.05) is 0 Å². The van der Waals surface area contributed by atoms with Crippen LogP contribution in [0.4, 0.5) is 4.79 Å². The SMILES string of the molecule is COC(=O)OCCCN. The molecule has 0 aliphatic rings. The zero-order valence-electron chi connectivity index (χ0n) is 5.42. The van der Waals surface area contributed by atoms with Crippen LogP contribution in [0.15, 0.2) is 0 Å². The fourth-order valence-electron chi connectivity index (χ4n) is 0.298. The molecular weight excluding hydrogens is 122 g/mol. The molecule has 54 valence electrons. The molecule has 4 heteroatoms. The van der Waals surface area contributed by atoms with E-state index in [-0.39, 0.29) is 0 Å².